The lowest BCUT2D eigenvalue weighted by molar-refractivity contribution is 0.775. The predicted octanol–water partition coefficient (Wildman–Crippen LogP) is 14.6. The molecule has 0 atom stereocenters. The van der Waals surface area contributed by atoms with Gasteiger partial charge in [0.15, 0.2) is 22.7 Å². The van der Waals surface area contributed by atoms with Crippen molar-refractivity contribution in [3.63, 3.8) is 0 Å². The van der Waals surface area contributed by atoms with Gasteiger partial charge in [0.25, 0.3) is 0 Å². The van der Waals surface area contributed by atoms with Crippen molar-refractivity contribution in [2.45, 2.75) is 0 Å². The summed E-state index contributed by atoms with van der Waals surface area (Å²) in [7, 11) is 0. The number of nitrogens with zero attached hydrogens (tertiary/aromatic N) is 10. The van der Waals surface area contributed by atoms with E-state index in [2.05, 4.69) is 77.3 Å². The molecule has 0 N–H and O–H groups in total. The molecule has 0 unspecified atom stereocenters. The molecule has 0 amide bonds. The average Bonchev–Trinajstić information content (AvgIpc) is 3.87. The van der Waals surface area contributed by atoms with E-state index in [1.807, 2.05) is 48.5 Å². The summed E-state index contributed by atoms with van der Waals surface area (Å²) in [4.78, 5) is 14.5. The molecule has 0 aliphatic carbocycles. The summed E-state index contributed by atoms with van der Waals surface area (Å²) in [5.74, 6) is 0. The summed E-state index contributed by atoms with van der Waals surface area (Å²) < 4.78 is 4.30. The first-order valence-electron chi connectivity index (χ1n) is 20.2. The van der Waals surface area contributed by atoms with Crippen molar-refractivity contribution in [2.24, 2.45) is 0 Å². The second kappa shape index (κ2) is 15.6. The SMILES string of the molecule is [C-]#[N+]c1cc(C#N)cc(-c2ccc3c(c2)c2cc(-c4cc(C#N)cc([N+]#[C-])c4)ccc2n3-n2c3ccc(-c4cc(C#N)cc([N+]#[C-])c4)cc3c3cc(-c4cc(C#N)cc([N+]#[C-])c4)ccc32)c1. The Morgan fingerprint density at radius 2 is 0.515 bits per heavy atom. The van der Waals surface area contributed by atoms with Crippen molar-refractivity contribution in [3.05, 3.63) is 214 Å². The van der Waals surface area contributed by atoms with Crippen LogP contribution < -0.4 is 0 Å². The van der Waals surface area contributed by atoms with Gasteiger partial charge in [0.1, 0.15) is 0 Å². The zero-order chi connectivity index (χ0) is 45.6. The van der Waals surface area contributed by atoms with Crippen LogP contribution >= 0.6 is 0 Å². The summed E-state index contributed by atoms with van der Waals surface area (Å²) in [6, 6.07) is 53.3. The van der Waals surface area contributed by atoms with Crippen LogP contribution in [0, 0.1) is 71.6 Å². The van der Waals surface area contributed by atoms with Crippen LogP contribution in [-0.2, 0) is 0 Å². The number of aromatic nitrogens is 2. The number of fused-ring (bicyclic) bond motifs is 6. The van der Waals surface area contributed by atoms with Gasteiger partial charge in [-0.1, -0.05) is 24.3 Å². The number of rotatable bonds is 5. The lowest BCUT2D eigenvalue weighted by atomic mass is 9.98. The minimum Gasteiger partial charge on any atom is -0.248 e. The monoisotopic (exact) mass is 836 g/mol. The largest absolute Gasteiger partial charge is 0.248 e. The van der Waals surface area contributed by atoms with Crippen molar-refractivity contribution in [2.75, 3.05) is 0 Å². The summed E-state index contributed by atoms with van der Waals surface area (Å²) in [5, 5.41) is 42.8. The van der Waals surface area contributed by atoms with Crippen molar-refractivity contribution in [1.29, 1.82) is 21.0 Å². The quantitative estimate of drug-likeness (QED) is 0.160. The lowest BCUT2D eigenvalue weighted by Crippen LogP contribution is -2.08. The normalized spacial score (nSPS) is 10.6. The fourth-order valence-corrected chi connectivity index (χ4v) is 8.78. The lowest BCUT2D eigenvalue weighted by Gasteiger charge is -2.14. The zero-order valence-electron chi connectivity index (χ0n) is 34.3. The van der Waals surface area contributed by atoms with Crippen LogP contribution in [0.4, 0.5) is 22.7 Å². The van der Waals surface area contributed by atoms with Gasteiger partial charge in [0, 0.05) is 43.8 Å². The van der Waals surface area contributed by atoms with Gasteiger partial charge in [-0.3, -0.25) is 0 Å². The second-order valence-corrected chi connectivity index (χ2v) is 15.5. The Labute approximate surface area is 377 Å². The summed E-state index contributed by atoms with van der Waals surface area (Å²) in [5.41, 5.74) is 12.2. The van der Waals surface area contributed by atoms with E-state index in [-0.39, 0.29) is 0 Å². The molecule has 0 saturated carbocycles. The molecule has 10 nitrogen and oxygen atoms in total. The van der Waals surface area contributed by atoms with E-state index >= 15 is 0 Å². The molecule has 10 rings (SSSR count). The van der Waals surface area contributed by atoms with Gasteiger partial charge >= 0.3 is 0 Å². The van der Waals surface area contributed by atoms with Crippen LogP contribution in [0.3, 0.4) is 0 Å². The summed E-state index contributed by atoms with van der Waals surface area (Å²) >= 11 is 0. The van der Waals surface area contributed by atoms with Crippen molar-refractivity contribution < 1.29 is 0 Å². The summed E-state index contributed by atoms with van der Waals surface area (Å²) in [6.07, 6.45) is 0. The Balaban J connectivity index is 1.30. The zero-order valence-corrected chi connectivity index (χ0v) is 34.3. The Hall–Kier alpha value is -10.7. The Kier molecular flexibility index (Phi) is 9.34. The Bertz CT molecular complexity index is 3500. The third-order valence-corrected chi connectivity index (χ3v) is 11.7. The van der Waals surface area contributed by atoms with E-state index in [0.29, 0.717) is 67.3 Å². The smallest absolute Gasteiger partial charge is 0.189 e. The number of benzene rings is 8. The molecule has 2 heterocycles. The van der Waals surface area contributed by atoms with Gasteiger partial charge in [-0.05, 0) is 166 Å². The van der Waals surface area contributed by atoms with Crippen LogP contribution in [0.1, 0.15) is 22.3 Å². The predicted molar refractivity (Wildman–Crippen MR) is 255 cm³/mol. The van der Waals surface area contributed by atoms with E-state index in [1.54, 1.807) is 72.8 Å². The highest BCUT2D eigenvalue weighted by molar-refractivity contribution is 6.14. The van der Waals surface area contributed by atoms with Gasteiger partial charge in [0.2, 0.25) is 0 Å². The van der Waals surface area contributed by atoms with Crippen molar-refractivity contribution in [3.8, 4) is 68.8 Å². The van der Waals surface area contributed by atoms with Gasteiger partial charge in [-0.2, -0.15) is 21.0 Å². The molecule has 8 aromatic carbocycles. The molecule has 0 aliphatic heterocycles. The molecular formula is C56H24N10. The molecule has 0 spiro atoms. The van der Waals surface area contributed by atoms with Gasteiger partial charge in [0.05, 0.1) is 72.6 Å². The molecule has 298 valence electrons. The van der Waals surface area contributed by atoms with Crippen LogP contribution in [0.2, 0.25) is 0 Å². The topological polar surface area (TPSA) is 122 Å². The van der Waals surface area contributed by atoms with Crippen LogP contribution in [-0.4, -0.2) is 9.35 Å². The highest BCUT2D eigenvalue weighted by Gasteiger charge is 2.21. The maximum Gasteiger partial charge on any atom is 0.189 e. The third-order valence-electron chi connectivity index (χ3n) is 11.7. The number of hydrogen-bond donors (Lipinski definition) is 0. The van der Waals surface area contributed by atoms with E-state index in [4.69, 9.17) is 26.3 Å². The van der Waals surface area contributed by atoms with E-state index in [9.17, 15) is 21.0 Å². The van der Waals surface area contributed by atoms with E-state index < -0.39 is 0 Å². The van der Waals surface area contributed by atoms with E-state index in [1.165, 1.54) is 0 Å². The molecule has 0 bridgehead atoms. The van der Waals surface area contributed by atoms with E-state index in [0.717, 1.165) is 65.9 Å². The van der Waals surface area contributed by atoms with Gasteiger partial charge < -0.3 is 0 Å². The molecule has 2 aromatic heterocycles. The molecular weight excluding hydrogens is 813 g/mol. The molecule has 0 saturated heterocycles. The van der Waals surface area contributed by atoms with Crippen molar-refractivity contribution >= 4 is 66.4 Å². The molecule has 0 aliphatic rings. The van der Waals surface area contributed by atoms with Crippen LogP contribution in [0.5, 0.6) is 0 Å². The average molecular weight is 837 g/mol. The fraction of sp³-hybridized carbons (Fsp3) is 0. The van der Waals surface area contributed by atoms with Crippen LogP contribution in [0.15, 0.2) is 146 Å². The van der Waals surface area contributed by atoms with Gasteiger partial charge in [-0.15, -0.1) is 0 Å². The maximum absolute atomic E-state index is 9.85. The number of nitriles is 4. The van der Waals surface area contributed by atoms with Crippen LogP contribution in [0.25, 0.3) is 107 Å². The highest BCUT2D eigenvalue weighted by atomic mass is 15.5. The molecule has 10 heteroatoms. The van der Waals surface area contributed by atoms with Crippen molar-refractivity contribution in [1.82, 2.24) is 9.35 Å². The molecule has 0 radical (unpaired) electrons. The standard InChI is InChI=1S/C56H24N10/c1-61-45-17-33(29-57)13-41(21-45)37-5-9-53-49(25-37)50-26-38(42-14-34(30-58)18-46(22-42)62-2)6-10-54(50)65(53)66-55-11-7-39(43-15-35(31-59)19-47(23-43)63-3)27-51(55)52-28-40(8-12-56(52)66)44-16-36(32-60)20-48(24-44)64-4/h5-28H. The first-order valence-corrected chi connectivity index (χ1v) is 20.2. The first kappa shape index (κ1) is 39.4. The number of hydrogen-bond acceptors (Lipinski definition) is 4. The maximum atomic E-state index is 9.85. The Morgan fingerprint density at radius 3 is 0.712 bits per heavy atom. The minimum absolute atomic E-state index is 0.347. The third kappa shape index (κ3) is 6.53. The second-order valence-electron chi connectivity index (χ2n) is 15.5. The minimum atomic E-state index is 0.347. The highest BCUT2D eigenvalue weighted by Crippen LogP contribution is 2.42. The summed E-state index contributed by atoms with van der Waals surface area (Å²) in [6.45, 7) is 30.8. The van der Waals surface area contributed by atoms with Gasteiger partial charge in [-0.25, -0.2) is 28.7 Å². The fourth-order valence-electron chi connectivity index (χ4n) is 8.78. The first-order chi connectivity index (χ1) is 32.3. The Morgan fingerprint density at radius 1 is 0.288 bits per heavy atom. The molecule has 10 aromatic rings. The molecule has 0 fully saturated rings. The molecule has 66 heavy (non-hydrogen) atoms.